The third-order valence-electron chi connectivity index (χ3n) is 5.55. The Kier molecular flexibility index (Phi) is 7.28. The maximum atomic E-state index is 13.6. The maximum Gasteiger partial charge on any atom is 0.254 e. The highest BCUT2D eigenvalue weighted by Crippen LogP contribution is 2.25. The van der Waals surface area contributed by atoms with Crippen molar-refractivity contribution in [2.45, 2.75) is 40.0 Å². The van der Waals surface area contributed by atoms with Crippen LogP contribution in [-0.4, -0.2) is 30.4 Å². The van der Waals surface area contributed by atoms with E-state index in [1.54, 1.807) is 0 Å². The molecule has 3 rings (SSSR count). The largest absolute Gasteiger partial charge is 0.337 e. The minimum atomic E-state index is 0.0958. The summed E-state index contributed by atoms with van der Waals surface area (Å²) in [5, 5.41) is 2.28. The van der Waals surface area contributed by atoms with Crippen molar-refractivity contribution in [3.05, 3.63) is 83.4 Å². The van der Waals surface area contributed by atoms with E-state index in [1.807, 2.05) is 17.0 Å². The van der Waals surface area contributed by atoms with Crippen LogP contribution in [0, 0.1) is 5.41 Å². The third kappa shape index (κ3) is 5.93. The zero-order valence-electron chi connectivity index (χ0n) is 18.5. The Balaban J connectivity index is 1.93. The molecule has 30 heavy (non-hydrogen) atoms. The second-order valence-electron chi connectivity index (χ2n) is 9.23. The first kappa shape index (κ1) is 22.0. The van der Waals surface area contributed by atoms with Crippen LogP contribution in [0.15, 0.2) is 66.7 Å². The second-order valence-corrected chi connectivity index (χ2v) is 9.23. The van der Waals surface area contributed by atoms with Crippen LogP contribution in [0.25, 0.3) is 10.8 Å². The summed E-state index contributed by atoms with van der Waals surface area (Å²) in [6.45, 7) is 8.41. The van der Waals surface area contributed by atoms with E-state index in [2.05, 4.69) is 75.4 Å². The molecule has 0 fully saturated rings. The molecule has 0 aliphatic carbocycles. The zero-order valence-corrected chi connectivity index (χ0v) is 18.5. The van der Waals surface area contributed by atoms with Crippen LogP contribution in [0.2, 0.25) is 0 Å². The van der Waals surface area contributed by atoms with Gasteiger partial charge in [-0.15, -0.1) is 0 Å². The highest BCUT2D eigenvalue weighted by Gasteiger charge is 2.21. The Morgan fingerprint density at radius 2 is 1.50 bits per heavy atom. The summed E-state index contributed by atoms with van der Waals surface area (Å²) < 4.78 is 0. The number of amides is 1. The van der Waals surface area contributed by atoms with Gasteiger partial charge in [-0.05, 0) is 52.6 Å². The van der Waals surface area contributed by atoms with E-state index >= 15 is 0 Å². The van der Waals surface area contributed by atoms with Crippen molar-refractivity contribution >= 4 is 16.7 Å². The molecule has 0 saturated carbocycles. The number of carbonyl (C=O) groups is 1. The smallest absolute Gasteiger partial charge is 0.254 e. The fourth-order valence-corrected chi connectivity index (χ4v) is 3.73. The number of aryl methyl sites for hydroxylation is 2. The molecule has 0 saturated heterocycles. The molecule has 2 N–H and O–H groups in total. The number of nitrogens with zero attached hydrogens (tertiary/aromatic N) is 1. The highest BCUT2D eigenvalue weighted by atomic mass is 16.2. The molecule has 1 amide bonds. The number of hydrogen-bond acceptors (Lipinski definition) is 2. The van der Waals surface area contributed by atoms with Gasteiger partial charge in [0.25, 0.3) is 5.91 Å². The fourth-order valence-electron chi connectivity index (χ4n) is 3.73. The van der Waals surface area contributed by atoms with Gasteiger partial charge in [-0.25, -0.2) is 0 Å². The lowest BCUT2D eigenvalue weighted by atomic mass is 9.91. The Bertz CT molecular complexity index is 973. The average Bonchev–Trinajstić information content (AvgIpc) is 2.74. The van der Waals surface area contributed by atoms with E-state index in [4.69, 9.17) is 5.73 Å². The molecule has 3 aromatic carbocycles. The summed E-state index contributed by atoms with van der Waals surface area (Å²) in [5.74, 6) is 0.0958. The Hall–Kier alpha value is -2.65. The van der Waals surface area contributed by atoms with Crippen LogP contribution in [0.3, 0.4) is 0 Å². The predicted molar refractivity (Wildman–Crippen MR) is 127 cm³/mol. The highest BCUT2D eigenvalue weighted by molar-refractivity contribution is 6.00. The number of fused-ring (bicyclic) bond motifs is 1. The molecule has 0 heterocycles. The normalized spacial score (nSPS) is 11.6. The van der Waals surface area contributed by atoms with Gasteiger partial charge >= 0.3 is 0 Å². The van der Waals surface area contributed by atoms with Crippen LogP contribution >= 0.6 is 0 Å². The van der Waals surface area contributed by atoms with E-state index < -0.39 is 0 Å². The van der Waals surface area contributed by atoms with Gasteiger partial charge in [0.2, 0.25) is 0 Å². The van der Waals surface area contributed by atoms with E-state index in [9.17, 15) is 4.79 Å². The van der Waals surface area contributed by atoms with Crippen molar-refractivity contribution in [1.82, 2.24) is 4.90 Å². The fraction of sp³-hybridized carbons (Fsp3) is 0.370. The zero-order chi connectivity index (χ0) is 21.6. The molecule has 3 heteroatoms. The maximum absolute atomic E-state index is 13.6. The van der Waals surface area contributed by atoms with Crippen LogP contribution in [-0.2, 0) is 12.8 Å². The summed E-state index contributed by atoms with van der Waals surface area (Å²) in [6, 6.07) is 23.0. The van der Waals surface area contributed by atoms with Crippen molar-refractivity contribution in [2.24, 2.45) is 11.1 Å². The Morgan fingerprint density at radius 1 is 0.867 bits per heavy atom. The molecule has 0 unspecified atom stereocenters. The summed E-state index contributed by atoms with van der Waals surface area (Å²) in [5.41, 5.74) is 9.24. The van der Waals surface area contributed by atoms with Gasteiger partial charge in [0.05, 0.1) is 0 Å². The summed E-state index contributed by atoms with van der Waals surface area (Å²) >= 11 is 0. The molecule has 3 aromatic rings. The number of rotatable bonds is 8. The Labute approximate surface area is 180 Å². The molecule has 0 aliphatic rings. The quantitative estimate of drug-likeness (QED) is 0.544. The Morgan fingerprint density at radius 3 is 2.13 bits per heavy atom. The standard InChI is InChI=1S/C27H34N2O/c1-27(2,3)15-17-29(18-16-28)26(30)25-20-23-12-8-7-11-22(23)19-24(25)14-13-21-9-5-4-6-10-21/h4-12,19-20H,13-18,28H2,1-3H3. The molecule has 158 valence electrons. The monoisotopic (exact) mass is 402 g/mol. The average molecular weight is 403 g/mol. The van der Waals surface area contributed by atoms with Crippen LogP contribution in [0.1, 0.15) is 48.7 Å². The molecule has 0 aliphatic heterocycles. The molecular weight excluding hydrogens is 368 g/mol. The van der Waals surface area contributed by atoms with Gasteiger partial charge in [-0.1, -0.05) is 81.4 Å². The summed E-state index contributed by atoms with van der Waals surface area (Å²) in [6.07, 6.45) is 2.70. The summed E-state index contributed by atoms with van der Waals surface area (Å²) in [4.78, 5) is 15.5. The number of carbonyl (C=O) groups excluding carboxylic acids is 1. The van der Waals surface area contributed by atoms with Gasteiger partial charge in [-0.2, -0.15) is 0 Å². The summed E-state index contributed by atoms with van der Waals surface area (Å²) in [7, 11) is 0. The molecular formula is C27H34N2O. The first-order valence-corrected chi connectivity index (χ1v) is 10.9. The van der Waals surface area contributed by atoms with Gasteiger partial charge in [-0.3, -0.25) is 4.79 Å². The first-order valence-electron chi connectivity index (χ1n) is 10.9. The van der Waals surface area contributed by atoms with Crippen molar-refractivity contribution in [2.75, 3.05) is 19.6 Å². The SMILES string of the molecule is CC(C)(C)CCN(CCN)C(=O)c1cc2ccccc2cc1CCc1ccccc1. The molecule has 3 nitrogen and oxygen atoms in total. The topological polar surface area (TPSA) is 46.3 Å². The van der Waals surface area contributed by atoms with E-state index in [-0.39, 0.29) is 11.3 Å². The predicted octanol–water partition coefficient (Wildman–Crippen LogP) is 5.46. The third-order valence-corrected chi connectivity index (χ3v) is 5.55. The van der Waals surface area contributed by atoms with Crippen LogP contribution in [0.4, 0.5) is 0 Å². The number of hydrogen-bond donors (Lipinski definition) is 1. The van der Waals surface area contributed by atoms with E-state index in [0.29, 0.717) is 13.1 Å². The molecule has 0 spiro atoms. The molecule has 0 atom stereocenters. The van der Waals surface area contributed by atoms with Gasteiger partial charge < -0.3 is 10.6 Å². The van der Waals surface area contributed by atoms with Crippen molar-refractivity contribution in [3.63, 3.8) is 0 Å². The lowest BCUT2D eigenvalue weighted by Gasteiger charge is -2.27. The van der Waals surface area contributed by atoms with Crippen LogP contribution < -0.4 is 5.73 Å². The van der Waals surface area contributed by atoms with Gasteiger partial charge in [0.1, 0.15) is 0 Å². The molecule has 0 radical (unpaired) electrons. The number of nitrogens with two attached hydrogens (primary N) is 1. The van der Waals surface area contributed by atoms with Gasteiger partial charge in [0, 0.05) is 25.2 Å². The van der Waals surface area contributed by atoms with Crippen molar-refractivity contribution in [3.8, 4) is 0 Å². The van der Waals surface area contributed by atoms with E-state index in [1.165, 1.54) is 10.9 Å². The van der Waals surface area contributed by atoms with Crippen molar-refractivity contribution < 1.29 is 4.79 Å². The lowest BCUT2D eigenvalue weighted by Crippen LogP contribution is -2.38. The van der Waals surface area contributed by atoms with Gasteiger partial charge in [0.15, 0.2) is 0 Å². The van der Waals surface area contributed by atoms with Crippen molar-refractivity contribution in [1.29, 1.82) is 0 Å². The molecule has 0 aromatic heterocycles. The first-order chi connectivity index (χ1) is 14.4. The lowest BCUT2D eigenvalue weighted by molar-refractivity contribution is 0.0742. The van der Waals surface area contributed by atoms with Crippen LogP contribution in [0.5, 0.6) is 0 Å². The minimum absolute atomic E-state index is 0.0958. The number of benzene rings is 3. The second kappa shape index (κ2) is 9.90. The minimum Gasteiger partial charge on any atom is -0.337 e. The molecule has 0 bridgehead atoms. The van der Waals surface area contributed by atoms with E-state index in [0.717, 1.165) is 42.3 Å².